The molecule has 3 aliphatic rings. The molecule has 1 aliphatic carbocycles. The lowest BCUT2D eigenvalue weighted by molar-refractivity contribution is -0.140. The summed E-state index contributed by atoms with van der Waals surface area (Å²) in [5, 5.41) is 20.7. The van der Waals surface area contributed by atoms with E-state index >= 15 is 0 Å². The summed E-state index contributed by atoms with van der Waals surface area (Å²) >= 11 is 0. The highest BCUT2D eigenvalue weighted by Gasteiger charge is 2.57. The number of nitrogens with zero attached hydrogens (tertiary/aromatic N) is 1. The molecule has 2 fully saturated rings. The number of carbonyl (C=O) groups is 2. The Bertz CT molecular complexity index is 855. The Kier molecular flexibility index (Phi) is 5.51. The van der Waals surface area contributed by atoms with E-state index in [1.807, 2.05) is 13.0 Å². The molecule has 0 unspecified atom stereocenters. The zero-order chi connectivity index (χ0) is 20.7. The molecule has 0 aromatic heterocycles. The second-order valence-electron chi connectivity index (χ2n) is 8.07. The number of rotatable bonds is 5. The van der Waals surface area contributed by atoms with Crippen LogP contribution in [0.25, 0.3) is 0 Å². The lowest BCUT2D eigenvalue weighted by Crippen LogP contribution is -2.45. The molecule has 8 heteroatoms. The third-order valence-corrected chi connectivity index (χ3v) is 6.31. The molecule has 1 aromatic carbocycles. The van der Waals surface area contributed by atoms with Crippen molar-refractivity contribution in [1.29, 1.82) is 0 Å². The maximum absolute atomic E-state index is 13.2. The normalized spacial score (nSPS) is 29.3. The van der Waals surface area contributed by atoms with Gasteiger partial charge in [0.15, 0.2) is 0 Å². The third kappa shape index (κ3) is 3.39. The predicted octanol–water partition coefficient (Wildman–Crippen LogP) is 1.85. The van der Waals surface area contributed by atoms with E-state index in [4.69, 9.17) is 9.39 Å². The van der Waals surface area contributed by atoms with Gasteiger partial charge in [0.05, 0.1) is 24.5 Å². The molecule has 7 nitrogen and oxygen atoms in total. The number of benzene rings is 1. The van der Waals surface area contributed by atoms with Crippen molar-refractivity contribution in [2.75, 3.05) is 20.3 Å². The van der Waals surface area contributed by atoms with Gasteiger partial charge in [-0.2, -0.15) is 0 Å². The number of ether oxygens (including phenoxy) is 1. The van der Waals surface area contributed by atoms with Gasteiger partial charge in [0, 0.05) is 13.7 Å². The largest absolute Gasteiger partial charge is 0.508 e. The third-order valence-electron chi connectivity index (χ3n) is 6.31. The van der Waals surface area contributed by atoms with E-state index in [9.17, 15) is 19.7 Å². The predicted molar refractivity (Wildman–Crippen MR) is 106 cm³/mol. The van der Waals surface area contributed by atoms with Crippen LogP contribution in [0.4, 0.5) is 0 Å². The summed E-state index contributed by atoms with van der Waals surface area (Å²) in [4.78, 5) is 27.5. The quantitative estimate of drug-likeness (QED) is 0.580. The Morgan fingerprint density at radius 1 is 1.28 bits per heavy atom. The fourth-order valence-corrected chi connectivity index (χ4v) is 5.17. The van der Waals surface area contributed by atoms with Gasteiger partial charge in [-0.1, -0.05) is 19.1 Å². The van der Waals surface area contributed by atoms with Crippen LogP contribution in [0, 0.1) is 17.8 Å². The molecule has 0 bridgehead atoms. The van der Waals surface area contributed by atoms with Crippen molar-refractivity contribution >= 4 is 18.9 Å². The van der Waals surface area contributed by atoms with Crippen molar-refractivity contribution < 1.29 is 29.1 Å². The molecule has 0 saturated carbocycles. The summed E-state index contributed by atoms with van der Waals surface area (Å²) in [5.74, 6) is -1.35. The highest BCUT2D eigenvalue weighted by molar-refractivity contribution is 6.53. The van der Waals surface area contributed by atoms with Crippen LogP contribution in [0.1, 0.15) is 37.9 Å². The number of likely N-dealkylation sites (tertiary alicyclic amines) is 1. The molecule has 154 valence electrons. The van der Waals surface area contributed by atoms with Gasteiger partial charge >= 0.3 is 7.12 Å². The number of hydrogen-bond acceptors (Lipinski definition) is 6. The zero-order valence-corrected chi connectivity index (χ0v) is 16.7. The van der Waals surface area contributed by atoms with E-state index in [2.05, 4.69) is 0 Å². The van der Waals surface area contributed by atoms with Crippen molar-refractivity contribution in [2.24, 2.45) is 17.8 Å². The number of methoxy groups -OCH3 is 1. The van der Waals surface area contributed by atoms with Crippen LogP contribution in [0.3, 0.4) is 0 Å². The van der Waals surface area contributed by atoms with Crippen molar-refractivity contribution in [3.05, 3.63) is 40.9 Å². The Labute approximate surface area is 170 Å². The Balaban J connectivity index is 1.73. The van der Waals surface area contributed by atoms with Crippen molar-refractivity contribution in [3.63, 3.8) is 0 Å². The molecule has 2 amide bonds. The SMILES string of the molecule is CCCN1C(=O)[C@H]2[C@H](CC(COC)=C3B(O)O[C@H](c4cccc(O)c4)C[C@H]32)C1=O. The van der Waals surface area contributed by atoms with Crippen LogP contribution >= 0.6 is 0 Å². The zero-order valence-electron chi connectivity index (χ0n) is 16.7. The van der Waals surface area contributed by atoms with Gasteiger partial charge in [-0.25, -0.2) is 0 Å². The van der Waals surface area contributed by atoms with Crippen LogP contribution in [0.15, 0.2) is 35.3 Å². The van der Waals surface area contributed by atoms with Gasteiger partial charge in [0.2, 0.25) is 11.8 Å². The number of fused-ring (bicyclic) bond motifs is 3. The molecule has 2 N–H and O–H groups in total. The molecular formula is C21H26BNO6. The van der Waals surface area contributed by atoms with Gasteiger partial charge in [0.25, 0.3) is 0 Å². The van der Waals surface area contributed by atoms with Crippen LogP contribution in [-0.2, 0) is 19.0 Å². The smallest absolute Gasteiger partial charge is 0.487 e. The van der Waals surface area contributed by atoms with E-state index < -0.39 is 25.1 Å². The van der Waals surface area contributed by atoms with Gasteiger partial charge in [0.1, 0.15) is 5.75 Å². The first-order valence-corrected chi connectivity index (χ1v) is 10.1. The van der Waals surface area contributed by atoms with Crippen LogP contribution in [0.5, 0.6) is 5.75 Å². The van der Waals surface area contributed by atoms with Crippen LogP contribution in [-0.4, -0.2) is 54.2 Å². The Morgan fingerprint density at radius 2 is 2.07 bits per heavy atom. The summed E-state index contributed by atoms with van der Waals surface area (Å²) in [7, 11) is 0.404. The summed E-state index contributed by atoms with van der Waals surface area (Å²) < 4.78 is 11.2. The number of phenolic OH excluding ortho intramolecular Hbond substituents is 1. The molecule has 2 saturated heterocycles. The molecule has 4 atom stereocenters. The highest BCUT2D eigenvalue weighted by atomic mass is 16.5. The number of phenols is 1. The van der Waals surface area contributed by atoms with Crippen LogP contribution in [0.2, 0.25) is 0 Å². The lowest BCUT2D eigenvalue weighted by Gasteiger charge is -2.42. The average molecular weight is 399 g/mol. The molecule has 1 aromatic rings. The molecule has 4 rings (SSSR count). The number of carbonyl (C=O) groups excluding carboxylic acids is 2. The van der Waals surface area contributed by atoms with Gasteiger partial charge in [-0.15, -0.1) is 0 Å². The van der Waals surface area contributed by atoms with E-state index in [1.165, 1.54) is 4.90 Å². The molecule has 0 radical (unpaired) electrons. The van der Waals surface area contributed by atoms with Crippen LogP contribution < -0.4 is 0 Å². The monoisotopic (exact) mass is 399 g/mol. The fraction of sp³-hybridized carbons (Fsp3) is 0.524. The summed E-state index contributed by atoms with van der Waals surface area (Å²) in [6, 6.07) is 6.73. The minimum Gasteiger partial charge on any atom is -0.508 e. The number of imide groups is 1. The van der Waals surface area contributed by atoms with Gasteiger partial charge in [-0.3, -0.25) is 14.5 Å². The number of hydrogen-bond donors (Lipinski definition) is 2. The Hall–Kier alpha value is -2.16. The van der Waals surface area contributed by atoms with E-state index in [0.717, 1.165) is 11.1 Å². The summed E-state index contributed by atoms with van der Waals surface area (Å²) in [6.45, 7) is 2.65. The van der Waals surface area contributed by atoms with E-state index in [-0.39, 0.29) is 23.5 Å². The second kappa shape index (κ2) is 7.93. The lowest BCUT2D eigenvalue weighted by atomic mass is 9.55. The first-order chi connectivity index (χ1) is 14.0. The number of amides is 2. The first-order valence-electron chi connectivity index (χ1n) is 10.1. The first kappa shape index (κ1) is 20.1. The highest BCUT2D eigenvalue weighted by Crippen LogP contribution is 2.51. The number of aromatic hydroxyl groups is 1. The van der Waals surface area contributed by atoms with Gasteiger partial charge < -0.3 is 19.5 Å². The fourth-order valence-electron chi connectivity index (χ4n) is 5.17. The minimum absolute atomic E-state index is 0.116. The molecule has 0 spiro atoms. The molecule has 2 heterocycles. The van der Waals surface area contributed by atoms with Crippen molar-refractivity contribution in [1.82, 2.24) is 4.90 Å². The van der Waals surface area contributed by atoms with Crippen molar-refractivity contribution in [2.45, 2.75) is 32.3 Å². The number of allylic oxidation sites excluding steroid dienone is 1. The molecule has 29 heavy (non-hydrogen) atoms. The van der Waals surface area contributed by atoms with E-state index in [1.54, 1.807) is 25.3 Å². The maximum Gasteiger partial charge on any atom is 0.487 e. The Morgan fingerprint density at radius 3 is 2.76 bits per heavy atom. The topological polar surface area (TPSA) is 96.3 Å². The second-order valence-corrected chi connectivity index (χ2v) is 8.07. The standard InChI is InChI=1S/C21H26BNO6/c1-3-7-23-20(25)16-9-13(11-28-2)19-15(18(16)21(23)26)10-17(29-22(19)27)12-5-4-6-14(24)8-12/h4-6,8,15-18,24,27H,3,7,9-11H2,1-2H3/t15-,16-,17-,18+/m0/s1. The van der Waals surface area contributed by atoms with Crippen molar-refractivity contribution in [3.8, 4) is 5.75 Å². The maximum atomic E-state index is 13.2. The minimum atomic E-state index is -1.17. The van der Waals surface area contributed by atoms with E-state index in [0.29, 0.717) is 37.9 Å². The van der Waals surface area contributed by atoms with Gasteiger partial charge in [-0.05, 0) is 53.9 Å². The summed E-state index contributed by atoms with van der Waals surface area (Å²) in [6.07, 6.45) is 1.11. The average Bonchev–Trinajstić information content (AvgIpc) is 2.93. The molecular weight excluding hydrogens is 373 g/mol. The molecule has 2 aliphatic heterocycles. The summed E-state index contributed by atoms with van der Waals surface area (Å²) in [5.41, 5.74) is 2.27.